The maximum atomic E-state index is 14.2. The molecule has 3 heterocycles. The van der Waals surface area contributed by atoms with Gasteiger partial charge >= 0.3 is 6.09 Å². The third kappa shape index (κ3) is 4.24. The standard InChI is InChI=1S/C21H22F2N8O2/c1-3-26-21(32)33-17-18(24)28-20(30(2)19(17)25)31-15-9-12(22)10-27-16(15)14(29-31)8-11-6-4-5-7-13(11)23/h4-7,9-10,17,19,24H,3,8,25H2,1-2H3,(H,26,32). The van der Waals surface area contributed by atoms with Crippen LogP contribution in [0.1, 0.15) is 18.2 Å². The van der Waals surface area contributed by atoms with Crippen LogP contribution in [0, 0.1) is 17.0 Å². The maximum Gasteiger partial charge on any atom is 0.407 e. The lowest BCUT2D eigenvalue weighted by Gasteiger charge is -2.36. The van der Waals surface area contributed by atoms with Crippen molar-refractivity contribution < 1.29 is 18.3 Å². The van der Waals surface area contributed by atoms with E-state index >= 15 is 0 Å². The Morgan fingerprint density at radius 1 is 1.33 bits per heavy atom. The molecular formula is C21H22F2N8O2. The lowest BCUT2D eigenvalue weighted by atomic mass is 10.1. The van der Waals surface area contributed by atoms with E-state index in [9.17, 15) is 13.6 Å². The number of benzene rings is 1. The maximum absolute atomic E-state index is 14.2. The van der Waals surface area contributed by atoms with Crippen molar-refractivity contribution in [2.24, 2.45) is 10.7 Å². The van der Waals surface area contributed by atoms with Gasteiger partial charge in [0, 0.05) is 26.1 Å². The van der Waals surface area contributed by atoms with Crippen molar-refractivity contribution in [3.8, 4) is 0 Å². The first-order valence-electron chi connectivity index (χ1n) is 10.2. The monoisotopic (exact) mass is 456 g/mol. The topological polar surface area (TPSA) is 135 Å². The molecule has 12 heteroatoms. The number of amides is 1. The van der Waals surface area contributed by atoms with Crippen molar-refractivity contribution in [3.63, 3.8) is 0 Å². The van der Waals surface area contributed by atoms with Crippen molar-refractivity contribution in [2.75, 3.05) is 13.6 Å². The van der Waals surface area contributed by atoms with Gasteiger partial charge in [0.05, 0.1) is 17.4 Å². The molecule has 0 saturated heterocycles. The Bertz CT molecular complexity index is 1260. The summed E-state index contributed by atoms with van der Waals surface area (Å²) in [5, 5.41) is 15.2. The molecule has 33 heavy (non-hydrogen) atoms. The Hall–Kier alpha value is -3.93. The zero-order valence-electron chi connectivity index (χ0n) is 17.9. The molecule has 1 amide bonds. The number of hydrogen-bond donors (Lipinski definition) is 3. The largest absolute Gasteiger partial charge is 0.434 e. The van der Waals surface area contributed by atoms with Gasteiger partial charge in [-0.1, -0.05) is 18.2 Å². The van der Waals surface area contributed by atoms with E-state index in [1.165, 1.54) is 21.7 Å². The summed E-state index contributed by atoms with van der Waals surface area (Å²) in [4.78, 5) is 21.6. The van der Waals surface area contributed by atoms with E-state index < -0.39 is 30.0 Å². The van der Waals surface area contributed by atoms with Gasteiger partial charge in [0.25, 0.3) is 0 Å². The predicted octanol–water partition coefficient (Wildman–Crippen LogP) is 1.83. The molecule has 0 saturated carbocycles. The van der Waals surface area contributed by atoms with E-state index in [1.807, 2.05) is 0 Å². The number of halogens is 2. The highest BCUT2D eigenvalue weighted by Gasteiger charge is 2.37. The van der Waals surface area contributed by atoms with E-state index in [0.29, 0.717) is 23.3 Å². The van der Waals surface area contributed by atoms with Crippen LogP contribution in [0.5, 0.6) is 0 Å². The van der Waals surface area contributed by atoms with Crippen LogP contribution < -0.4 is 11.1 Å². The zero-order chi connectivity index (χ0) is 23.7. The highest BCUT2D eigenvalue weighted by Crippen LogP contribution is 2.23. The summed E-state index contributed by atoms with van der Waals surface area (Å²) in [6, 6.07) is 7.49. The molecule has 1 aromatic carbocycles. The number of aliphatic imine (C=N–C) groups is 1. The van der Waals surface area contributed by atoms with Crippen LogP contribution >= 0.6 is 0 Å². The molecule has 0 aliphatic carbocycles. The van der Waals surface area contributed by atoms with Crippen LogP contribution in [0.3, 0.4) is 0 Å². The third-order valence-corrected chi connectivity index (χ3v) is 5.18. The molecule has 10 nitrogen and oxygen atoms in total. The van der Waals surface area contributed by atoms with Crippen LogP contribution in [0.4, 0.5) is 13.6 Å². The van der Waals surface area contributed by atoms with Crippen molar-refractivity contribution in [3.05, 3.63) is 59.4 Å². The minimum absolute atomic E-state index is 0.109. The van der Waals surface area contributed by atoms with Crippen molar-refractivity contribution in [1.29, 1.82) is 5.41 Å². The Balaban J connectivity index is 1.76. The number of alkyl carbamates (subject to hydrolysis) is 1. The number of aromatic nitrogens is 3. The van der Waals surface area contributed by atoms with E-state index in [1.54, 1.807) is 32.2 Å². The number of pyridine rings is 1. The number of likely N-dealkylation sites (N-methyl/N-ethyl adjacent to an activating group) is 1. The molecule has 0 spiro atoms. The number of ether oxygens (including phenoxy) is 1. The molecule has 0 fully saturated rings. The Morgan fingerprint density at radius 3 is 2.82 bits per heavy atom. The number of nitrogens with two attached hydrogens (primary N) is 1. The molecule has 1 aliphatic heterocycles. The number of nitrogens with one attached hydrogen (secondary N) is 2. The van der Waals surface area contributed by atoms with Crippen LogP contribution in [0.15, 0.2) is 41.5 Å². The normalized spacial score (nSPS) is 18.4. The number of amidine groups is 1. The molecule has 2 atom stereocenters. The first-order valence-corrected chi connectivity index (χ1v) is 10.2. The van der Waals surface area contributed by atoms with Crippen LogP contribution in [0.2, 0.25) is 0 Å². The molecule has 2 aromatic heterocycles. The molecule has 0 bridgehead atoms. The van der Waals surface area contributed by atoms with Crippen LogP contribution in [-0.2, 0) is 11.2 Å². The van der Waals surface area contributed by atoms with E-state index in [2.05, 4.69) is 20.4 Å². The van der Waals surface area contributed by atoms with Gasteiger partial charge in [-0.2, -0.15) is 14.8 Å². The first-order chi connectivity index (χ1) is 15.8. The summed E-state index contributed by atoms with van der Waals surface area (Å²) >= 11 is 0. The van der Waals surface area contributed by atoms with Gasteiger partial charge in [0.1, 0.15) is 23.3 Å². The van der Waals surface area contributed by atoms with Crippen LogP contribution in [-0.4, -0.2) is 63.4 Å². The number of fused-ring (bicyclic) bond motifs is 1. The fourth-order valence-electron chi connectivity index (χ4n) is 3.50. The van der Waals surface area contributed by atoms with Crippen molar-refractivity contribution >= 4 is 28.9 Å². The Labute approximate surface area is 187 Å². The van der Waals surface area contributed by atoms with Gasteiger partial charge in [0.2, 0.25) is 5.96 Å². The highest BCUT2D eigenvalue weighted by molar-refractivity contribution is 6.03. The van der Waals surface area contributed by atoms with Gasteiger partial charge < -0.3 is 20.7 Å². The molecular weight excluding hydrogens is 434 g/mol. The number of rotatable bonds is 4. The number of nitrogens with zero attached hydrogens (tertiary/aromatic N) is 5. The second-order valence-corrected chi connectivity index (χ2v) is 7.40. The first kappa shape index (κ1) is 22.3. The number of carbonyl (C=O) groups excluding carboxylic acids is 1. The molecule has 4 N–H and O–H groups in total. The van der Waals surface area contributed by atoms with E-state index in [0.717, 1.165) is 6.20 Å². The minimum atomic E-state index is -1.13. The van der Waals surface area contributed by atoms with E-state index in [-0.39, 0.29) is 23.7 Å². The van der Waals surface area contributed by atoms with Crippen LogP contribution in [0.25, 0.3) is 11.0 Å². The van der Waals surface area contributed by atoms with Gasteiger partial charge in [-0.3, -0.25) is 5.41 Å². The van der Waals surface area contributed by atoms with Gasteiger partial charge in [-0.25, -0.2) is 18.6 Å². The Kier molecular flexibility index (Phi) is 6.01. The molecule has 4 rings (SSSR count). The minimum Gasteiger partial charge on any atom is -0.434 e. The lowest BCUT2D eigenvalue weighted by Crippen LogP contribution is -2.60. The van der Waals surface area contributed by atoms with Crippen molar-refractivity contribution in [1.82, 2.24) is 25.0 Å². The molecule has 172 valence electrons. The summed E-state index contributed by atoms with van der Waals surface area (Å²) in [6.45, 7) is 2.08. The second kappa shape index (κ2) is 8.90. The van der Waals surface area contributed by atoms with Gasteiger partial charge in [-0.15, -0.1) is 0 Å². The summed E-state index contributed by atoms with van der Waals surface area (Å²) in [5.74, 6) is -1.19. The average Bonchev–Trinajstić information content (AvgIpc) is 3.12. The molecule has 3 aromatic rings. The van der Waals surface area contributed by atoms with Crippen molar-refractivity contribution in [2.45, 2.75) is 25.6 Å². The smallest absolute Gasteiger partial charge is 0.407 e. The van der Waals surface area contributed by atoms with Gasteiger partial charge in [-0.05, 0) is 18.6 Å². The quantitative estimate of drug-likeness (QED) is 0.548. The zero-order valence-corrected chi connectivity index (χ0v) is 17.9. The molecule has 0 radical (unpaired) electrons. The molecule has 2 unspecified atom stereocenters. The lowest BCUT2D eigenvalue weighted by molar-refractivity contribution is 0.0881. The molecule has 1 aliphatic rings. The van der Waals surface area contributed by atoms with E-state index in [4.69, 9.17) is 15.9 Å². The highest BCUT2D eigenvalue weighted by atomic mass is 19.1. The summed E-state index contributed by atoms with van der Waals surface area (Å²) in [7, 11) is 1.58. The predicted molar refractivity (Wildman–Crippen MR) is 117 cm³/mol. The SMILES string of the molecule is CCNC(=O)OC1C(=N)N=C(n2nc(Cc3ccccc3F)c3ncc(F)cc32)N(C)C1N. The summed E-state index contributed by atoms with van der Waals surface area (Å²) in [5.41, 5.74) is 7.65. The van der Waals surface area contributed by atoms with Gasteiger partial charge in [0.15, 0.2) is 11.9 Å². The summed E-state index contributed by atoms with van der Waals surface area (Å²) < 4.78 is 34.8. The Morgan fingerprint density at radius 2 is 2.09 bits per heavy atom. The third-order valence-electron chi connectivity index (χ3n) is 5.18. The number of carbonyl (C=O) groups is 1. The fourth-order valence-corrected chi connectivity index (χ4v) is 3.50. The number of hydrogen-bond acceptors (Lipinski definition) is 7. The average molecular weight is 456 g/mol. The summed E-state index contributed by atoms with van der Waals surface area (Å²) in [6.07, 6.45) is -1.64. The second-order valence-electron chi connectivity index (χ2n) is 7.40. The fraction of sp³-hybridized carbons (Fsp3) is 0.286.